The van der Waals surface area contributed by atoms with Crippen LogP contribution in [0.25, 0.3) is 17.4 Å². The van der Waals surface area contributed by atoms with Crippen molar-refractivity contribution in [2.75, 3.05) is 11.9 Å². The van der Waals surface area contributed by atoms with E-state index in [2.05, 4.69) is 5.32 Å². The summed E-state index contributed by atoms with van der Waals surface area (Å²) >= 11 is 0.649. The zero-order valence-corrected chi connectivity index (χ0v) is 18.5. The molecule has 3 amide bonds. The molecule has 4 rings (SSSR count). The fourth-order valence-corrected chi connectivity index (χ4v) is 4.08. The van der Waals surface area contributed by atoms with Crippen LogP contribution in [0.1, 0.15) is 21.7 Å². The Labute approximate surface area is 197 Å². The molecule has 2 heterocycles. The van der Waals surface area contributed by atoms with E-state index in [1.807, 2.05) is 0 Å². The lowest BCUT2D eigenvalue weighted by Crippen LogP contribution is -2.36. The van der Waals surface area contributed by atoms with Crippen molar-refractivity contribution in [2.45, 2.75) is 6.92 Å². The molecule has 1 aliphatic heterocycles. The van der Waals surface area contributed by atoms with Crippen LogP contribution in [0.15, 0.2) is 63.9 Å². The van der Waals surface area contributed by atoms with Gasteiger partial charge in [0.05, 0.1) is 16.2 Å². The standard InChI is InChI=1S/C24H17FN2O6S/c1-13-6-7-14(23(30)31)10-16(13)19-9-8-15(33-19)11-20-22(29)27(24(32)34-20)12-21(28)26-18-5-3-2-4-17(18)25/h2-11H,12H2,1H3,(H,26,28)(H,30,31)/b20-11-. The van der Waals surface area contributed by atoms with E-state index in [-0.39, 0.29) is 21.9 Å². The first-order chi connectivity index (χ1) is 16.2. The first-order valence-electron chi connectivity index (χ1n) is 9.97. The Kier molecular flexibility index (Phi) is 6.33. The van der Waals surface area contributed by atoms with Gasteiger partial charge < -0.3 is 14.8 Å². The van der Waals surface area contributed by atoms with Crippen LogP contribution < -0.4 is 5.32 Å². The average molecular weight is 480 g/mol. The van der Waals surface area contributed by atoms with Crippen molar-refractivity contribution in [1.82, 2.24) is 4.90 Å². The third kappa shape index (κ3) is 4.76. The number of thioether (sulfide) groups is 1. The number of nitrogens with zero attached hydrogens (tertiary/aromatic N) is 1. The van der Waals surface area contributed by atoms with Crippen LogP contribution in [0.4, 0.5) is 14.9 Å². The zero-order valence-electron chi connectivity index (χ0n) is 17.7. The number of hydrogen-bond donors (Lipinski definition) is 2. The van der Waals surface area contributed by atoms with Crippen LogP contribution in [0.3, 0.4) is 0 Å². The minimum atomic E-state index is -1.07. The van der Waals surface area contributed by atoms with E-state index in [1.54, 1.807) is 31.2 Å². The lowest BCUT2D eigenvalue weighted by molar-refractivity contribution is -0.127. The van der Waals surface area contributed by atoms with Crippen molar-refractivity contribution in [3.8, 4) is 11.3 Å². The van der Waals surface area contributed by atoms with Gasteiger partial charge in [-0.2, -0.15) is 0 Å². The number of aryl methyl sites for hydroxylation is 1. The highest BCUT2D eigenvalue weighted by Gasteiger charge is 2.36. The number of rotatable bonds is 6. The van der Waals surface area contributed by atoms with E-state index in [0.29, 0.717) is 23.1 Å². The molecule has 0 aliphatic carbocycles. The lowest BCUT2D eigenvalue weighted by atomic mass is 10.0. The number of anilines is 1. The number of para-hydroxylation sites is 1. The molecule has 0 unspecified atom stereocenters. The van der Waals surface area contributed by atoms with E-state index in [1.165, 1.54) is 36.4 Å². The molecule has 0 bridgehead atoms. The SMILES string of the molecule is Cc1ccc(C(=O)O)cc1-c1ccc(/C=C2\SC(=O)N(CC(=O)Nc3ccccc3F)C2=O)o1. The van der Waals surface area contributed by atoms with Gasteiger partial charge in [-0.05, 0) is 60.6 Å². The monoisotopic (exact) mass is 480 g/mol. The molecule has 0 spiro atoms. The Morgan fingerprint density at radius 3 is 2.65 bits per heavy atom. The van der Waals surface area contributed by atoms with Gasteiger partial charge in [0.15, 0.2) is 0 Å². The molecule has 0 radical (unpaired) electrons. The smallest absolute Gasteiger partial charge is 0.335 e. The van der Waals surface area contributed by atoms with Gasteiger partial charge in [0, 0.05) is 11.6 Å². The second-order valence-corrected chi connectivity index (χ2v) is 8.33. The Hall–Kier alpha value is -4.18. The van der Waals surface area contributed by atoms with Gasteiger partial charge in [-0.1, -0.05) is 18.2 Å². The first-order valence-corrected chi connectivity index (χ1v) is 10.8. The molecule has 1 saturated heterocycles. The lowest BCUT2D eigenvalue weighted by Gasteiger charge is -2.12. The van der Waals surface area contributed by atoms with Crippen molar-refractivity contribution in [2.24, 2.45) is 0 Å². The average Bonchev–Trinajstić information content (AvgIpc) is 3.36. The quantitative estimate of drug-likeness (QED) is 0.488. The highest BCUT2D eigenvalue weighted by molar-refractivity contribution is 8.18. The van der Waals surface area contributed by atoms with Gasteiger partial charge in [-0.25, -0.2) is 9.18 Å². The predicted molar refractivity (Wildman–Crippen MR) is 124 cm³/mol. The van der Waals surface area contributed by atoms with E-state index in [0.717, 1.165) is 10.5 Å². The third-order valence-corrected chi connectivity index (χ3v) is 5.88. The fourth-order valence-electron chi connectivity index (χ4n) is 3.26. The Morgan fingerprint density at radius 1 is 1.15 bits per heavy atom. The molecule has 1 aliphatic rings. The molecular formula is C24H17FN2O6S. The summed E-state index contributed by atoms with van der Waals surface area (Å²) in [5, 5.41) is 10.9. The number of carbonyl (C=O) groups is 4. The number of carbonyl (C=O) groups excluding carboxylic acids is 3. The number of imide groups is 1. The number of nitrogens with one attached hydrogen (secondary N) is 1. The van der Waals surface area contributed by atoms with Crippen LogP contribution in [-0.4, -0.2) is 39.6 Å². The summed E-state index contributed by atoms with van der Waals surface area (Å²) in [6.07, 6.45) is 1.37. The van der Waals surface area contributed by atoms with E-state index < -0.39 is 35.4 Å². The number of furan rings is 1. The molecular weight excluding hydrogens is 463 g/mol. The second-order valence-electron chi connectivity index (χ2n) is 7.33. The molecule has 2 N–H and O–H groups in total. The Bertz CT molecular complexity index is 1360. The fraction of sp³-hybridized carbons (Fsp3) is 0.0833. The molecule has 3 aromatic rings. The van der Waals surface area contributed by atoms with Gasteiger partial charge in [0.1, 0.15) is 23.9 Å². The van der Waals surface area contributed by atoms with Crippen molar-refractivity contribution in [1.29, 1.82) is 0 Å². The minimum Gasteiger partial charge on any atom is -0.478 e. The highest BCUT2D eigenvalue weighted by atomic mass is 32.2. The third-order valence-electron chi connectivity index (χ3n) is 4.97. The van der Waals surface area contributed by atoms with Crippen LogP contribution >= 0.6 is 11.8 Å². The van der Waals surface area contributed by atoms with Crippen LogP contribution in [0, 0.1) is 12.7 Å². The second kappa shape index (κ2) is 9.36. The maximum absolute atomic E-state index is 13.7. The summed E-state index contributed by atoms with van der Waals surface area (Å²) in [6.45, 7) is 1.24. The number of benzene rings is 2. The summed E-state index contributed by atoms with van der Waals surface area (Å²) in [4.78, 5) is 49.3. The molecule has 0 atom stereocenters. The number of aromatic carboxylic acids is 1. The maximum Gasteiger partial charge on any atom is 0.335 e. The largest absolute Gasteiger partial charge is 0.478 e. The topological polar surface area (TPSA) is 117 Å². The predicted octanol–water partition coefficient (Wildman–Crippen LogP) is 4.77. The van der Waals surface area contributed by atoms with Gasteiger partial charge in [0.25, 0.3) is 11.1 Å². The highest BCUT2D eigenvalue weighted by Crippen LogP contribution is 2.34. The number of amides is 3. The maximum atomic E-state index is 13.7. The van der Waals surface area contributed by atoms with Gasteiger partial charge in [0.2, 0.25) is 5.91 Å². The van der Waals surface area contributed by atoms with Crippen LogP contribution in [-0.2, 0) is 9.59 Å². The van der Waals surface area contributed by atoms with Crippen molar-refractivity contribution in [3.05, 3.63) is 82.2 Å². The van der Waals surface area contributed by atoms with Gasteiger partial charge >= 0.3 is 5.97 Å². The molecule has 1 fully saturated rings. The number of hydrogen-bond acceptors (Lipinski definition) is 6. The molecule has 34 heavy (non-hydrogen) atoms. The van der Waals surface area contributed by atoms with Crippen LogP contribution in [0.5, 0.6) is 0 Å². The number of carboxylic acid groups (broad SMARTS) is 1. The molecule has 10 heteroatoms. The Morgan fingerprint density at radius 2 is 1.91 bits per heavy atom. The minimum absolute atomic E-state index is 0.0552. The van der Waals surface area contributed by atoms with Gasteiger partial charge in [-0.3, -0.25) is 19.3 Å². The molecule has 172 valence electrons. The normalized spacial score (nSPS) is 14.6. The van der Waals surface area contributed by atoms with Crippen molar-refractivity contribution in [3.63, 3.8) is 0 Å². The Balaban J connectivity index is 1.49. The first kappa shape index (κ1) is 23.0. The summed E-state index contributed by atoms with van der Waals surface area (Å²) in [5.74, 6) is -2.43. The van der Waals surface area contributed by atoms with Crippen molar-refractivity contribution >= 4 is 46.5 Å². The number of halogens is 1. The zero-order chi connectivity index (χ0) is 24.4. The summed E-state index contributed by atoms with van der Waals surface area (Å²) in [7, 11) is 0. The molecule has 1 aromatic heterocycles. The summed E-state index contributed by atoms with van der Waals surface area (Å²) < 4.78 is 19.5. The van der Waals surface area contributed by atoms with Crippen molar-refractivity contribution < 1.29 is 33.1 Å². The van der Waals surface area contributed by atoms with Crippen LogP contribution in [0.2, 0.25) is 0 Å². The van der Waals surface area contributed by atoms with E-state index in [4.69, 9.17) is 4.42 Å². The van der Waals surface area contributed by atoms with Gasteiger partial charge in [-0.15, -0.1) is 0 Å². The summed E-state index contributed by atoms with van der Waals surface area (Å²) in [5.41, 5.74) is 1.43. The van der Waals surface area contributed by atoms with E-state index in [9.17, 15) is 28.7 Å². The van der Waals surface area contributed by atoms with E-state index >= 15 is 0 Å². The molecule has 0 saturated carbocycles. The number of carboxylic acids is 1. The molecule has 2 aromatic carbocycles. The molecule has 8 nitrogen and oxygen atoms in total. The summed E-state index contributed by atoms with van der Waals surface area (Å²) in [6, 6.07) is 13.4.